The molecule has 1 saturated heterocycles. The lowest BCUT2D eigenvalue weighted by Crippen LogP contribution is -2.38. The fraction of sp³-hybridized carbons (Fsp3) is 1.00. The van der Waals surface area contributed by atoms with E-state index in [-0.39, 0.29) is 0 Å². The Kier molecular flexibility index (Phi) is 4.26. The summed E-state index contributed by atoms with van der Waals surface area (Å²) in [5.41, 5.74) is 0.707. The molecule has 0 aromatic carbocycles. The molecule has 1 unspecified atom stereocenters. The second-order valence-corrected chi connectivity index (χ2v) is 5.95. The van der Waals surface area contributed by atoms with Gasteiger partial charge in [-0.3, -0.25) is 0 Å². The normalized spacial score (nSPS) is 29.2. The van der Waals surface area contributed by atoms with Gasteiger partial charge in [0.2, 0.25) is 0 Å². The Hall–Kier alpha value is -0.0800. The number of nitrogens with zero attached hydrogens (tertiary/aromatic N) is 1. The van der Waals surface area contributed by atoms with Crippen LogP contribution in [0.1, 0.15) is 51.9 Å². The van der Waals surface area contributed by atoms with Crippen LogP contribution in [-0.4, -0.2) is 37.6 Å². The summed E-state index contributed by atoms with van der Waals surface area (Å²) in [5.74, 6) is 0. The molecule has 2 fully saturated rings. The van der Waals surface area contributed by atoms with Gasteiger partial charge < -0.3 is 10.2 Å². The van der Waals surface area contributed by atoms with E-state index in [0.29, 0.717) is 5.41 Å². The minimum Gasteiger partial charge on any atom is -0.316 e. The van der Waals surface area contributed by atoms with E-state index in [1.165, 1.54) is 64.6 Å². The molecule has 2 rings (SSSR count). The molecule has 0 aromatic rings. The van der Waals surface area contributed by atoms with Gasteiger partial charge >= 0.3 is 0 Å². The molecule has 1 heterocycles. The number of hydrogen-bond acceptors (Lipinski definition) is 2. The first-order chi connectivity index (χ1) is 7.76. The number of hydrogen-bond donors (Lipinski definition) is 1. The van der Waals surface area contributed by atoms with E-state index in [1.807, 2.05) is 0 Å². The first kappa shape index (κ1) is 12.4. The summed E-state index contributed by atoms with van der Waals surface area (Å²) in [4.78, 5) is 2.55. The van der Waals surface area contributed by atoms with Crippen molar-refractivity contribution < 1.29 is 0 Å². The van der Waals surface area contributed by atoms with Gasteiger partial charge in [0.15, 0.2) is 0 Å². The molecule has 0 spiro atoms. The van der Waals surface area contributed by atoms with Crippen LogP contribution in [-0.2, 0) is 0 Å². The van der Waals surface area contributed by atoms with Crippen molar-refractivity contribution in [1.29, 1.82) is 0 Å². The van der Waals surface area contributed by atoms with Gasteiger partial charge in [0, 0.05) is 12.6 Å². The van der Waals surface area contributed by atoms with Crippen LogP contribution in [0.15, 0.2) is 0 Å². The molecular weight excluding hydrogens is 196 g/mol. The van der Waals surface area contributed by atoms with Crippen molar-refractivity contribution in [3.05, 3.63) is 0 Å². The number of piperidine rings is 1. The minimum atomic E-state index is 0.707. The Morgan fingerprint density at radius 3 is 2.75 bits per heavy atom. The molecule has 1 saturated carbocycles. The Balaban J connectivity index is 1.57. The van der Waals surface area contributed by atoms with Crippen LogP contribution in [0, 0.1) is 5.41 Å². The minimum absolute atomic E-state index is 0.707. The smallest absolute Gasteiger partial charge is 0.0104 e. The van der Waals surface area contributed by atoms with Crippen LogP contribution in [0.2, 0.25) is 0 Å². The lowest BCUT2D eigenvalue weighted by atomic mass is 10.00. The summed E-state index contributed by atoms with van der Waals surface area (Å²) in [6, 6.07) is 0.845. The Morgan fingerprint density at radius 2 is 2.12 bits per heavy atom. The predicted molar refractivity (Wildman–Crippen MR) is 69.7 cm³/mol. The topological polar surface area (TPSA) is 15.3 Å². The van der Waals surface area contributed by atoms with Gasteiger partial charge in [-0.15, -0.1) is 0 Å². The molecule has 1 atom stereocenters. The number of rotatable bonds is 6. The standard InChI is InChI=1S/C14H28N2/c1-3-14(8-9-14)12-15-10-7-13-6-4-5-11-16(13)2/h13,15H,3-12H2,1-2H3. The van der Waals surface area contributed by atoms with E-state index >= 15 is 0 Å². The maximum atomic E-state index is 3.68. The first-order valence-corrected chi connectivity index (χ1v) is 7.17. The van der Waals surface area contributed by atoms with Crippen LogP contribution in [0.25, 0.3) is 0 Å². The number of nitrogens with one attached hydrogen (secondary N) is 1. The maximum absolute atomic E-state index is 3.68. The highest BCUT2D eigenvalue weighted by atomic mass is 15.1. The molecule has 0 aromatic heterocycles. The Bertz CT molecular complexity index is 211. The molecule has 0 radical (unpaired) electrons. The highest BCUT2D eigenvalue weighted by Gasteiger charge is 2.39. The van der Waals surface area contributed by atoms with Gasteiger partial charge in [-0.2, -0.15) is 0 Å². The highest BCUT2D eigenvalue weighted by Crippen LogP contribution is 2.47. The molecule has 1 aliphatic carbocycles. The molecule has 2 nitrogen and oxygen atoms in total. The van der Waals surface area contributed by atoms with Crippen molar-refractivity contribution in [2.45, 2.75) is 57.9 Å². The van der Waals surface area contributed by atoms with Crippen LogP contribution in [0.5, 0.6) is 0 Å². The summed E-state index contributed by atoms with van der Waals surface area (Å²) in [5, 5.41) is 3.68. The van der Waals surface area contributed by atoms with Crippen LogP contribution in [0.3, 0.4) is 0 Å². The molecule has 1 N–H and O–H groups in total. The summed E-state index contributed by atoms with van der Waals surface area (Å²) < 4.78 is 0. The van der Waals surface area contributed by atoms with Crippen molar-refractivity contribution in [2.24, 2.45) is 5.41 Å². The second kappa shape index (κ2) is 5.50. The molecule has 16 heavy (non-hydrogen) atoms. The van der Waals surface area contributed by atoms with E-state index in [4.69, 9.17) is 0 Å². The summed E-state index contributed by atoms with van der Waals surface area (Å²) >= 11 is 0. The summed E-state index contributed by atoms with van der Waals surface area (Å²) in [6.45, 7) is 6.13. The number of likely N-dealkylation sites (tertiary alicyclic amines) is 1. The average Bonchev–Trinajstić information content (AvgIpc) is 3.07. The molecule has 0 amide bonds. The third kappa shape index (κ3) is 3.21. The van der Waals surface area contributed by atoms with Gasteiger partial charge in [-0.1, -0.05) is 13.3 Å². The van der Waals surface area contributed by atoms with Crippen LogP contribution >= 0.6 is 0 Å². The maximum Gasteiger partial charge on any atom is 0.0104 e. The largest absolute Gasteiger partial charge is 0.316 e. The van der Waals surface area contributed by atoms with Gasteiger partial charge in [-0.05, 0) is 64.1 Å². The van der Waals surface area contributed by atoms with E-state index in [0.717, 1.165) is 6.04 Å². The van der Waals surface area contributed by atoms with E-state index < -0.39 is 0 Å². The van der Waals surface area contributed by atoms with Gasteiger partial charge in [-0.25, -0.2) is 0 Å². The molecular formula is C14H28N2. The first-order valence-electron chi connectivity index (χ1n) is 7.17. The van der Waals surface area contributed by atoms with Gasteiger partial charge in [0.25, 0.3) is 0 Å². The Morgan fingerprint density at radius 1 is 1.31 bits per heavy atom. The molecule has 2 heteroatoms. The summed E-state index contributed by atoms with van der Waals surface area (Å²) in [7, 11) is 2.29. The van der Waals surface area contributed by atoms with Crippen LogP contribution in [0.4, 0.5) is 0 Å². The van der Waals surface area contributed by atoms with Crippen molar-refractivity contribution >= 4 is 0 Å². The molecule has 2 aliphatic rings. The molecule has 94 valence electrons. The molecule has 0 bridgehead atoms. The van der Waals surface area contributed by atoms with Crippen molar-refractivity contribution in [2.75, 3.05) is 26.7 Å². The fourth-order valence-electron chi connectivity index (χ4n) is 2.96. The third-order valence-corrected chi connectivity index (χ3v) is 4.78. The lowest BCUT2D eigenvalue weighted by molar-refractivity contribution is 0.175. The van der Waals surface area contributed by atoms with Crippen molar-refractivity contribution in [3.63, 3.8) is 0 Å². The Labute approximate surface area is 101 Å². The van der Waals surface area contributed by atoms with Crippen molar-refractivity contribution in [1.82, 2.24) is 10.2 Å². The monoisotopic (exact) mass is 224 g/mol. The molecule has 1 aliphatic heterocycles. The van der Waals surface area contributed by atoms with Gasteiger partial charge in [0.05, 0.1) is 0 Å². The highest BCUT2D eigenvalue weighted by molar-refractivity contribution is 4.93. The SMILES string of the molecule is CCC1(CNCCC2CCCCN2C)CC1. The zero-order valence-electron chi connectivity index (χ0n) is 11.1. The second-order valence-electron chi connectivity index (χ2n) is 5.95. The average molecular weight is 224 g/mol. The zero-order valence-corrected chi connectivity index (χ0v) is 11.1. The lowest BCUT2D eigenvalue weighted by Gasteiger charge is -2.32. The predicted octanol–water partition coefficient (Wildman–Crippen LogP) is 2.64. The van der Waals surface area contributed by atoms with Gasteiger partial charge in [0.1, 0.15) is 0 Å². The van der Waals surface area contributed by atoms with E-state index in [1.54, 1.807) is 0 Å². The summed E-state index contributed by atoms with van der Waals surface area (Å²) in [6.07, 6.45) is 9.88. The van der Waals surface area contributed by atoms with Crippen LogP contribution < -0.4 is 5.32 Å². The third-order valence-electron chi connectivity index (χ3n) is 4.78. The van der Waals surface area contributed by atoms with Crippen molar-refractivity contribution in [3.8, 4) is 0 Å². The quantitative estimate of drug-likeness (QED) is 0.698. The zero-order chi connectivity index (χ0) is 11.4. The fourth-order valence-corrected chi connectivity index (χ4v) is 2.96. The van der Waals surface area contributed by atoms with E-state index in [2.05, 4.69) is 24.2 Å². The van der Waals surface area contributed by atoms with E-state index in [9.17, 15) is 0 Å².